The van der Waals surface area contributed by atoms with Gasteiger partial charge in [0.25, 0.3) is 0 Å². The molecule has 2 aliphatic rings. The summed E-state index contributed by atoms with van der Waals surface area (Å²) in [6.07, 6.45) is 0. The quantitative estimate of drug-likeness (QED) is 0.725. The second-order valence-electron chi connectivity index (χ2n) is 7.42. The van der Waals surface area contributed by atoms with Crippen LogP contribution in [-0.2, 0) is 14.3 Å². The van der Waals surface area contributed by atoms with Crippen LogP contribution in [0.4, 0.5) is 0 Å². The highest BCUT2D eigenvalue weighted by Gasteiger charge is 2.25. The van der Waals surface area contributed by atoms with Crippen molar-refractivity contribution >= 4 is 35.0 Å². The van der Waals surface area contributed by atoms with Gasteiger partial charge in [0.1, 0.15) is 0 Å². The minimum atomic E-state index is -0.0591. The minimum absolute atomic E-state index is 0.0566. The van der Waals surface area contributed by atoms with E-state index in [9.17, 15) is 9.59 Å². The zero-order valence-electron chi connectivity index (χ0n) is 16.7. The summed E-state index contributed by atoms with van der Waals surface area (Å²) >= 11 is 12.2. The van der Waals surface area contributed by atoms with Gasteiger partial charge in [-0.25, -0.2) is 0 Å². The molecule has 29 heavy (non-hydrogen) atoms. The zero-order chi connectivity index (χ0) is 20.8. The molecule has 2 amide bonds. The Morgan fingerprint density at radius 2 is 1.69 bits per heavy atom. The first-order valence-electron chi connectivity index (χ1n) is 9.98. The van der Waals surface area contributed by atoms with Crippen LogP contribution >= 0.6 is 23.2 Å². The number of benzene rings is 1. The average molecular weight is 443 g/mol. The third kappa shape index (κ3) is 6.30. The van der Waals surface area contributed by atoms with Crippen LogP contribution in [0.5, 0.6) is 0 Å². The molecule has 3 rings (SSSR count). The SMILES string of the molecule is CC(NCC(=O)N1CCN(CC(=O)N2CCOCC2)CC1)c1ccc(Cl)cc1Cl. The molecule has 0 radical (unpaired) electrons. The molecule has 0 spiro atoms. The Balaban J connectivity index is 1.40. The van der Waals surface area contributed by atoms with Crippen molar-refractivity contribution in [2.45, 2.75) is 13.0 Å². The molecule has 1 atom stereocenters. The molecule has 1 unspecified atom stereocenters. The third-order valence-corrected chi connectivity index (χ3v) is 6.00. The lowest BCUT2D eigenvalue weighted by Gasteiger charge is -2.36. The number of morpholine rings is 1. The molecule has 1 N–H and O–H groups in total. The summed E-state index contributed by atoms with van der Waals surface area (Å²) in [4.78, 5) is 30.7. The summed E-state index contributed by atoms with van der Waals surface area (Å²) in [5.74, 6) is 0.199. The van der Waals surface area contributed by atoms with E-state index < -0.39 is 0 Å². The van der Waals surface area contributed by atoms with E-state index in [1.807, 2.05) is 22.8 Å². The van der Waals surface area contributed by atoms with Crippen LogP contribution < -0.4 is 5.32 Å². The first kappa shape index (κ1) is 22.3. The molecular weight excluding hydrogens is 415 g/mol. The number of amides is 2. The second-order valence-corrected chi connectivity index (χ2v) is 8.26. The van der Waals surface area contributed by atoms with Crippen molar-refractivity contribution in [1.29, 1.82) is 0 Å². The summed E-state index contributed by atoms with van der Waals surface area (Å²) in [7, 11) is 0. The molecule has 9 heteroatoms. The van der Waals surface area contributed by atoms with Crippen LogP contribution in [0, 0.1) is 0 Å². The molecule has 0 aliphatic carbocycles. The van der Waals surface area contributed by atoms with E-state index in [0.29, 0.717) is 69.1 Å². The van der Waals surface area contributed by atoms with Crippen molar-refractivity contribution < 1.29 is 14.3 Å². The van der Waals surface area contributed by atoms with Gasteiger partial charge in [0, 0.05) is 55.4 Å². The van der Waals surface area contributed by atoms with E-state index in [-0.39, 0.29) is 24.4 Å². The van der Waals surface area contributed by atoms with Crippen LogP contribution in [0.15, 0.2) is 18.2 Å². The van der Waals surface area contributed by atoms with E-state index in [4.69, 9.17) is 27.9 Å². The molecule has 2 heterocycles. The highest BCUT2D eigenvalue weighted by atomic mass is 35.5. The average Bonchev–Trinajstić information content (AvgIpc) is 2.73. The predicted molar refractivity (Wildman–Crippen MR) is 113 cm³/mol. The second kappa shape index (κ2) is 10.6. The molecule has 1 aromatic rings. The Kier molecular flexibility index (Phi) is 8.15. The Morgan fingerprint density at radius 1 is 1.03 bits per heavy atom. The molecule has 7 nitrogen and oxygen atoms in total. The van der Waals surface area contributed by atoms with Gasteiger partial charge in [-0.15, -0.1) is 0 Å². The van der Waals surface area contributed by atoms with Gasteiger partial charge >= 0.3 is 0 Å². The highest BCUT2D eigenvalue weighted by molar-refractivity contribution is 6.35. The number of carbonyl (C=O) groups excluding carboxylic acids is 2. The van der Waals surface area contributed by atoms with Crippen LogP contribution in [0.2, 0.25) is 10.0 Å². The van der Waals surface area contributed by atoms with Gasteiger partial charge in [-0.2, -0.15) is 0 Å². The summed E-state index contributed by atoms with van der Waals surface area (Å²) in [5.41, 5.74) is 0.912. The molecule has 2 aliphatic heterocycles. The number of nitrogens with one attached hydrogen (secondary N) is 1. The Bertz CT molecular complexity index is 720. The third-order valence-electron chi connectivity index (χ3n) is 5.44. The maximum absolute atomic E-state index is 12.6. The lowest BCUT2D eigenvalue weighted by atomic mass is 10.1. The topological polar surface area (TPSA) is 65.1 Å². The fourth-order valence-electron chi connectivity index (χ4n) is 3.57. The Labute approximate surface area is 181 Å². The number of piperazine rings is 1. The molecule has 160 valence electrons. The van der Waals surface area contributed by atoms with Crippen LogP contribution in [0.3, 0.4) is 0 Å². The van der Waals surface area contributed by atoms with Crippen molar-refractivity contribution in [3.8, 4) is 0 Å². The molecule has 0 aromatic heterocycles. The number of ether oxygens (including phenoxy) is 1. The number of halogens is 2. The summed E-state index contributed by atoms with van der Waals surface area (Å²) in [6.45, 7) is 7.86. The Hall–Kier alpha value is -1.38. The first-order chi connectivity index (χ1) is 13.9. The van der Waals surface area contributed by atoms with Gasteiger partial charge < -0.3 is 19.9 Å². The molecule has 1 aromatic carbocycles. The van der Waals surface area contributed by atoms with Crippen molar-refractivity contribution in [3.63, 3.8) is 0 Å². The van der Waals surface area contributed by atoms with Gasteiger partial charge in [-0.1, -0.05) is 29.3 Å². The van der Waals surface area contributed by atoms with Crippen molar-refractivity contribution in [1.82, 2.24) is 20.0 Å². The monoisotopic (exact) mass is 442 g/mol. The van der Waals surface area contributed by atoms with E-state index in [2.05, 4.69) is 10.2 Å². The number of hydrogen-bond acceptors (Lipinski definition) is 5. The number of rotatable bonds is 6. The van der Waals surface area contributed by atoms with Gasteiger partial charge in [0.15, 0.2) is 0 Å². The number of carbonyl (C=O) groups is 2. The normalized spacial score (nSPS) is 19.3. The molecular formula is C20H28Cl2N4O3. The van der Waals surface area contributed by atoms with Gasteiger partial charge in [-0.3, -0.25) is 14.5 Å². The zero-order valence-corrected chi connectivity index (χ0v) is 18.2. The predicted octanol–water partition coefficient (Wildman–Crippen LogP) is 1.65. The standard InChI is InChI=1S/C20H28Cl2N4O3/c1-15(17-3-2-16(21)12-18(17)22)23-13-19(27)25-6-4-24(5-7-25)14-20(28)26-8-10-29-11-9-26/h2-3,12,15,23H,4-11,13-14H2,1H3. The van der Waals surface area contributed by atoms with Crippen LogP contribution in [0.25, 0.3) is 0 Å². The van der Waals surface area contributed by atoms with Gasteiger partial charge in [0.05, 0.1) is 26.3 Å². The first-order valence-corrected chi connectivity index (χ1v) is 10.7. The highest BCUT2D eigenvalue weighted by Crippen LogP contribution is 2.25. The maximum Gasteiger partial charge on any atom is 0.236 e. The lowest BCUT2D eigenvalue weighted by molar-refractivity contribution is -0.137. The van der Waals surface area contributed by atoms with Crippen LogP contribution in [0.1, 0.15) is 18.5 Å². The van der Waals surface area contributed by atoms with E-state index >= 15 is 0 Å². The van der Waals surface area contributed by atoms with Crippen molar-refractivity contribution in [2.24, 2.45) is 0 Å². The van der Waals surface area contributed by atoms with Gasteiger partial charge in [-0.05, 0) is 24.6 Å². The van der Waals surface area contributed by atoms with E-state index in [1.54, 1.807) is 12.1 Å². The maximum atomic E-state index is 12.6. The fraction of sp³-hybridized carbons (Fsp3) is 0.600. The van der Waals surface area contributed by atoms with E-state index in [1.165, 1.54) is 0 Å². The van der Waals surface area contributed by atoms with Gasteiger partial charge in [0.2, 0.25) is 11.8 Å². The molecule has 2 saturated heterocycles. The van der Waals surface area contributed by atoms with E-state index in [0.717, 1.165) is 5.56 Å². The summed E-state index contributed by atoms with van der Waals surface area (Å²) in [5, 5.41) is 4.41. The molecule has 0 saturated carbocycles. The molecule has 0 bridgehead atoms. The van der Waals surface area contributed by atoms with Crippen molar-refractivity contribution in [2.75, 3.05) is 65.6 Å². The summed E-state index contributed by atoms with van der Waals surface area (Å²) in [6, 6.07) is 5.31. The van der Waals surface area contributed by atoms with Crippen molar-refractivity contribution in [3.05, 3.63) is 33.8 Å². The summed E-state index contributed by atoms with van der Waals surface area (Å²) < 4.78 is 5.29. The molecule has 2 fully saturated rings. The lowest BCUT2D eigenvalue weighted by Crippen LogP contribution is -2.53. The largest absolute Gasteiger partial charge is 0.378 e. The Morgan fingerprint density at radius 3 is 2.34 bits per heavy atom. The van der Waals surface area contributed by atoms with Crippen LogP contribution in [-0.4, -0.2) is 92.1 Å². The smallest absolute Gasteiger partial charge is 0.236 e. The minimum Gasteiger partial charge on any atom is -0.378 e. The fourth-order valence-corrected chi connectivity index (χ4v) is 4.15. The number of hydrogen-bond donors (Lipinski definition) is 1. The number of nitrogens with zero attached hydrogens (tertiary/aromatic N) is 3.